The fourth-order valence-corrected chi connectivity index (χ4v) is 3.03. The van der Waals surface area contributed by atoms with Crippen molar-refractivity contribution < 1.29 is 0 Å². The third kappa shape index (κ3) is 6.22. The molecule has 0 spiro atoms. The van der Waals surface area contributed by atoms with Crippen molar-refractivity contribution in [2.45, 2.75) is 84.5 Å². The van der Waals surface area contributed by atoms with Crippen molar-refractivity contribution in [1.82, 2.24) is 0 Å². The largest absolute Gasteiger partial charge is 0.0654 e. The van der Waals surface area contributed by atoms with E-state index in [9.17, 15) is 0 Å². The van der Waals surface area contributed by atoms with Crippen LogP contribution in [0.2, 0.25) is 0 Å². The topological polar surface area (TPSA) is 0 Å². The minimum Gasteiger partial charge on any atom is -0.0654 e. The third-order valence-corrected chi connectivity index (χ3v) is 4.01. The lowest BCUT2D eigenvalue weighted by Crippen LogP contribution is -2.10. The van der Waals surface area contributed by atoms with E-state index in [4.69, 9.17) is 0 Å². The molecule has 1 aliphatic carbocycles. The van der Waals surface area contributed by atoms with E-state index in [1.54, 1.807) is 0 Å². The second-order valence-electron chi connectivity index (χ2n) is 5.69. The van der Waals surface area contributed by atoms with E-state index in [0.717, 1.165) is 11.8 Å². The molecule has 0 saturated heterocycles. The summed E-state index contributed by atoms with van der Waals surface area (Å²) < 4.78 is 0. The molecule has 0 aromatic carbocycles. The van der Waals surface area contributed by atoms with E-state index in [2.05, 4.69) is 13.8 Å². The van der Waals surface area contributed by atoms with Gasteiger partial charge in [-0.05, 0) is 18.3 Å². The maximum absolute atomic E-state index is 2.47. The van der Waals surface area contributed by atoms with Crippen molar-refractivity contribution in [3.63, 3.8) is 0 Å². The molecule has 1 rings (SSSR count). The summed E-state index contributed by atoms with van der Waals surface area (Å²) in [6, 6.07) is 0. The highest BCUT2D eigenvalue weighted by molar-refractivity contribution is 4.68. The Bertz CT molecular complexity index is 133. The number of unbranched alkanes of at least 4 members (excludes halogenated alkanes) is 3. The summed E-state index contributed by atoms with van der Waals surface area (Å²) in [4.78, 5) is 0. The SMILES string of the molecule is CCCCCCC(C)CC1CCCCC1. The van der Waals surface area contributed by atoms with Crippen molar-refractivity contribution in [2.24, 2.45) is 11.8 Å². The first kappa shape index (κ1) is 13.1. The molecule has 90 valence electrons. The Kier molecular flexibility index (Phi) is 7.13. The molecule has 0 amide bonds. The molecule has 0 N–H and O–H groups in total. The van der Waals surface area contributed by atoms with E-state index in [1.165, 1.54) is 70.6 Å². The predicted octanol–water partition coefficient (Wildman–Crippen LogP) is 5.56. The quantitative estimate of drug-likeness (QED) is 0.482. The average molecular weight is 210 g/mol. The lowest BCUT2D eigenvalue weighted by atomic mass is 9.82. The van der Waals surface area contributed by atoms with Crippen molar-refractivity contribution in [3.8, 4) is 0 Å². The molecule has 0 heterocycles. The summed E-state index contributed by atoms with van der Waals surface area (Å²) in [5, 5.41) is 0. The van der Waals surface area contributed by atoms with E-state index < -0.39 is 0 Å². The van der Waals surface area contributed by atoms with Crippen molar-refractivity contribution >= 4 is 0 Å². The molecule has 0 heteroatoms. The number of hydrogen-bond acceptors (Lipinski definition) is 0. The van der Waals surface area contributed by atoms with Crippen LogP contribution in [0.25, 0.3) is 0 Å². The fourth-order valence-electron chi connectivity index (χ4n) is 3.03. The van der Waals surface area contributed by atoms with Gasteiger partial charge in [0.25, 0.3) is 0 Å². The van der Waals surface area contributed by atoms with Crippen LogP contribution in [0.4, 0.5) is 0 Å². The Labute approximate surface area is 96.8 Å². The molecule has 0 nitrogen and oxygen atoms in total. The van der Waals surface area contributed by atoms with Gasteiger partial charge in [-0.25, -0.2) is 0 Å². The first-order valence-electron chi connectivity index (χ1n) is 7.33. The summed E-state index contributed by atoms with van der Waals surface area (Å²) in [6.07, 6.45) is 16.3. The maximum atomic E-state index is 2.47. The predicted molar refractivity (Wildman–Crippen MR) is 69.1 cm³/mol. The zero-order valence-corrected chi connectivity index (χ0v) is 10.9. The second kappa shape index (κ2) is 8.19. The van der Waals surface area contributed by atoms with Crippen LogP contribution in [0.3, 0.4) is 0 Å². The van der Waals surface area contributed by atoms with Gasteiger partial charge >= 0.3 is 0 Å². The zero-order valence-electron chi connectivity index (χ0n) is 10.9. The molecule has 1 atom stereocenters. The normalized spacial score (nSPS) is 20.4. The second-order valence-corrected chi connectivity index (χ2v) is 5.69. The van der Waals surface area contributed by atoms with Crippen LogP contribution in [0.5, 0.6) is 0 Å². The van der Waals surface area contributed by atoms with Crippen LogP contribution >= 0.6 is 0 Å². The van der Waals surface area contributed by atoms with Crippen molar-refractivity contribution in [2.75, 3.05) is 0 Å². The van der Waals surface area contributed by atoms with Crippen molar-refractivity contribution in [3.05, 3.63) is 0 Å². The molecule has 1 aliphatic rings. The standard InChI is InChI=1S/C15H30/c1-3-4-5-7-10-14(2)13-15-11-8-6-9-12-15/h14-15H,3-13H2,1-2H3. The molecule has 1 saturated carbocycles. The molecule has 0 aliphatic heterocycles. The van der Waals surface area contributed by atoms with Gasteiger partial charge < -0.3 is 0 Å². The summed E-state index contributed by atoms with van der Waals surface area (Å²) >= 11 is 0. The minimum atomic E-state index is 0.991. The monoisotopic (exact) mass is 210 g/mol. The van der Waals surface area contributed by atoms with Crippen molar-refractivity contribution in [1.29, 1.82) is 0 Å². The van der Waals surface area contributed by atoms with Crippen LogP contribution in [-0.2, 0) is 0 Å². The van der Waals surface area contributed by atoms with Gasteiger partial charge in [0, 0.05) is 0 Å². The molecule has 0 radical (unpaired) electrons. The van der Waals surface area contributed by atoms with E-state index >= 15 is 0 Å². The molecule has 0 bridgehead atoms. The van der Waals surface area contributed by atoms with E-state index in [1.807, 2.05) is 0 Å². The summed E-state index contributed by atoms with van der Waals surface area (Å²) in [5.74, 6) is 2.07. The zero-order chi connectivity index (χ0) is 10.9. The van der Waals surface area contributed by atoms with Gasteiger partial charge in [-0.3, -0.25) is 0 Å². The highest BCUT2D eigenvalue weighted by Gasteiger charge is 2.15. The summed E-state index contributed by atoms with van der Waals surface area (Å²) in [5.41, 5.74) is 0. The third-order valence-electron chi connectivity index (χ3n) is 4.01. The minimum absolute atomic E-state index is 0.991. The van der Waals surface area contributed by atoms with Crippen LogP contribution in [0, 0.1) is 11.8 Å². The molecule has 0 aromatic rings. The van der Waals surface area contributed by atoms with Gasteiger partial charge in [0.1, 0.15) is 0 Å². The van der Waals surface area contributed by atoms with Gasteiger partial charge in [0.05, 0.1) is 0 Å². The van der Waals surface area contributed by atoms with Gasteiger partial charge in [-0.2, -0.15) is 0 Å². The van der Waals surface area contributed by atoms with Gasteiger partial charge in [0.2, 0.25) is 0 Å². The average Bonchev–Trinajstić information content (AvgIpc) is 2.26. The van der Waals surface area contributed by atoms with Gasteiger partial charge in [-0.1, -0.05) is 78.1 Å². The summed E-state index contributed by atoms with van der Waals surface area (Å²) in [7, 11) is 0. The Hall–Kier alpha value is 0. The molecule has 0 aromatic heterocycles. The molecule has 15 heavy (non-hydrogen) atoms. The van der Waals surface area contributed by atoms with Gasteiger partial charge in [0.15, 0.2) is 0 Å². The lowest BCUT2D eigenvalue weighted by molar-refractivity contribution is 0.286. The smallest absolute Gasteiger partial charge is 0.0412 e. The first-order chi connectivity index (χ1) is 7.33. The Morgan fingerprint density at radius 3 is 2.40 bits per heavy atom. The Morgan fingerprint density at radius 1 is 1.00 bits per heavy atom. The first-order valence-corrected chi connectivity index (χ1v) is 7.33. The lowest BCUT2D eigenvalue weighted by Gasteiger charge is -2.24. The highest BCUT2D eigenvalue weighted by Crippen LogP contribution is 2.30. The fraction of sp³-hybridized carbons (Fsp3) is 1.00. The Morgan fingerprint density at radius 2 is 1.73 bits per heavy atom. The Balaban J connectivity index is 1.98. The van der Waals surface area contributed by atoms with Gasteiger partial charge in [-0.15, -0.1) is 0 Å². The van der Waals surface area contributed by atoms with Crippen LogP contribution in [-0.4, -0.2) is 0 Å². The highest BCUT2D eigenvalue weighted by atomic mass is 14.2. The number of hydrogen-bond donors (Lipinski definition) is 0. The van der Waals surface area contributed by atoms with Crippen LogP contribution < -0.4 is 0 Å². The molecular weight excluding hydrogens is 180 g/mol. The van der Waals surface area contributed by atoms with E-state index in [0.29, 0.717) is 0 Å². The number of rotatable bonds is 7. The van der Waals surface area contributed by atoms with Crippen LogP contribution in [0.15, 0.2) is 0 Å². The summed E-state index contributed by atoms with van der Waals surface area (Å²) in [6.45, 7) is 4.77. The molecular formula is C15H30. The molecule has 1 fully saturated rings. The van der Waals surface area contributed by atoms with E-state index in [-0.39, 0.29) is 0 Å². The maximum Gasteiger partial charge on any atom is -0.0412 e. The molecule has 1 unspecified atom stereocenters. The van der Waals surface area contributed by atoms with Crippen LogP contribution in [0.1, 0.15) is 84.5 Å².